The van der Waals surface area contributed by atoms with E-state index in [-0.39, 0.29) is 17.1 Å². The number of amidine groups is 1. The molecule has 1 aliphatic carbocycles. The monoisotopic (exact) mass is 480 g/mol. The van der Waals surface area contributed by atoms with Crippen LogP contribution in [0.4, 0.5) is 10.1 Å². The normalized spacial score (nSPS) is 25.7. The first-order valence-corrected chi connectivity index (χ1v) is 12.1. The third-order valence-electron chi connectivity index (χ3n) is 6.82. The Kier molecular flexibility index (Phi) is 5.13. The van der Waals surface area contributed by atoms with E-state index in [0.717, 1.165) is 0 Å². The SMILES string of the molecule is Cc1cc(Cl)cnc1C(=O)Nc1ccc(F)c([C@@]2(C)N=C(N)C(C)(C)S(O)(O)C23CC3)c1. The maximum atomic E-state index is 15.1. The predicted octanol–water partition coefficient (Wildman–Crippen LogP) is 5.08. The molecule has 1 amide bonds. The Morgan fingerprint density at radius 3 is 2.50 bits per heavy atom. The number of pyridine rings is 1. The van der Waals surface area contributed by atoms with Crippen LogP contribution < -0.4 is 11.1 Å². The van der Waals surface area contributed by atoms with Crippen molar-refractivity contribution in [1.82, 2.24) is 4.98 Å². The number of nitrogens with one attached hydrogen (secondary N) is 1. The van der Waals surface area contributed by atoms with E-state index in [4.69, 9.17) is 17.3 Å². The van der Waals surface area contributed by atoms with Crippen molar-refractivity contribution in [2.75, 3.05) is 5.32 Å². The number of carbonyl (C=O) groups excluding carboxylic acids is 1. The van der Waals surface area contributed by atoms with Gasteiger partial charge < -0.3 is 11.1 Å². The van der Waals surface area contributed by atoms with Crippen molar-refractivity contribution in [3.05, 3.63) is 58.1 Å². The lowest BCUT2D eigenvalue weighted by Gasteiger charge is -2.60. The molecule has 7 nitrogen and oxygen atoms in total. The summed E-state index contributed by atoms with van der Waals surface area (Å²) in [7, 11) is -3.27. The Hall–Kier alpha value is -2.20. The van der Waals surface area contributed by atoms with E-state index in [1.807, 2.05) is 0 Å². The predicted molar refractivity (Wildman–Crippen MR) is 126 cm³/mol. The number of carbonyl (C=O) groups is 1. The summed E-state index contributed by atoms with van der Waals surface area (Å²) < 4.78 is 35.4. The summed E-state index contributed by atoms with van der Waals surface area (Å²) in [6.07, 6.45) is 2.34. The topological polar surface area (TPSA) is 121 Å². The van der Waals surface area contributed by atoms with Crippen LogP contribution in [0.25, 0.3) is 0 Å². The Bertz CT molecular complexity index is 1170. The van der Waals surface area contributed by atoms with E-state index in [9.17, 15) is 13.9 Å². The smallest absolute Gasteiger partial charge is 0.274 e. The fourth-order valence-corrected chi connectivity index (χ4v) is 7.43. The van der Waals surface area contributed by atoms with Crippen molar-refractivity contribution in [2.45, 2.75) is 55.6 Å². The minimum Gasteiger partial charge on any atom is -0.386 e. The van der Waals surface area contributed by atoms with Crippen LogP contribution in [0, 0.1) is 12.7 Å². The van der Waals surface area contributed by atoms with Crippen LogP contribution in [0.2, 0.25) is 5.02 Å². The number of hydrogen-bond acceptors (Lipinski definition) is 6. The Labute approximate surface area is 192 Å². The third-order valence-corrected chi connectivity index (χ3v) is 10.6. The zero-order valence-electron chi connectivity index (χ0n) is 18.2. The Balaban J connectivity index is 1.77. The second kappa shape index (κ2) is 7.15. The van der Waals surface area contributed by atoms with Crippen molar-refractivity contribution in [3.8, 4) is 0 Å². The van der Waals surface area contributed by atoms with Crippen LogP contribution in [-0.4, -0.2) is 35.3 Å². The molecule has 0 saturated heterocycles. The van der Waals surface area contributed by atoms with Gasteiger partial charge in [-0.05, 0) is 70.4 Å². The van der Waals surface area contributed by atoms with Crippen molar-refractivity contribution < 1.29 is 18.3 Å². The molecule has 2 heterocycles. The zero-order chi connectivity index (χ0) is 23.7. The number of hydrogen-bond donors (Lipinski definition) is 4. The van der Waals surface area contributed by atoms with Crippen LogP contribution >= 0.6 is 22.2 Å². The van der Waals surface area contributed by atoms with E-state index in [0.29, 0.717) is 29.1 Å². The Morgan fingerprint density at radius 2 is 1.91 bits per heavy atom. The van der Waals surface area contributed by atoms with Crippen LogP contribution in [0.3, 0.4) is 0 Å². The van der Waals surface area contributed by atoms with E-state index >= 15 is 4.39 Å². The average molecular weight is 481 g/mol. The van der Waals surface area contributed by atoms with Crippen molar-refractivity contribution in [1.29, 1.82) is 0 Å². The number of benzene rings is 1. The molecule has 1 aromatic carbocycles. The second-order valence-corrected chi connectivity index (χ2v) is 12.4. The van der Waals surface area contributed by atoms with E-state index in [2.05, 4.69) is 15.3 Å². The average Bonchev–Trinajstić information content (AvgIpc) is 3.51. The molecule has 1 saturated carbocycles. The van der Waals surface area contributed by atoms with Crippen LogP contribution in [-0.2, 0) is 5.54 Å². The van der Waals surface area contributed by atoms with Gasteiger partial charge in [0.05, 0.1) is 9.77 Å². The first-order valence-electron chi connectivity index (χ1n) is 10.1. The van der Waals surface area contributed by atoms with Crippen molar-refractivity contribution >= 4 is 39.6 Å². The summed E-state index contributed by atoms with van der Waals surface area (Å²) in [5.74, 6) is -0.975. The standard InChI is InChI=1S/C22H26ClFN4O3S/c1-12-9-13(23)11-26-17(12)18(29)27-14-5-6-16(24)15(10-14)21(4)22(7-8-22)32(30,31)20(2,3)19(25)28-21/h5-6,9-11,30-31H,7-8H2,1-4H3,(H2,25,28)(H,27,29)/t21-/m1/s1. The minimum absolute atomic E-state index is 0.0624. The molecule has 1 atom stereocenters. The maximum absolute atomic E-state index is 15.1. The summed E-state index contributed by atoms with van der Waals surface area (Å²) in [4.78, 5) is 21.4. The number of nitrogens with two attached hydrogens (primary N) is 1. The molecule has 0 bridgehead atoms. The molecule has 1 fully saturated rings. The highest BCUT2D eigenvalue weighted by Gasteiger charge is 2.72. The molecule has 1 spiro atoms. The van der Waals surface area contributed by atoms with Gasteiger partial charge in [0, 0.05) is 17.4 Å². The molecule has 32 heavy (non-hydrogen) atoms. The quantitative estimate of drug-likeness (QED) is 0.488. The number of aromatic nitrogens is 1. The molecule has 5 N–H and O–H groups in total. The van der Waals surface area contributed by atoms with Gasteiger partial charge in [0.15, 0.2) is 0 Å². The number of aryl methyl sites for hydroxylation is 1. The van der Waals surface area contributed by atoms with Crippen molar-refractivity contribution in [2.24, 2.45) is 10.7 Å². The summed E-state index contributed by atoms with van der Waals surface area (Å²) in [5, 5.41) is 3.15. The van der Waals surface area contributed by atoms with Gasteiger partial charge in [-0.2, -0.15) is 10.6 Å². The van der Waals surface area contributed by atoms with Gasteiger partial charge in [-0.1, -0.05) is 11.6 Å². The maximum Gasteiger partial charge on any atom is 0.274 e. The molecule has 2 aromatic rings. The lowest BCUT2D eigenvalue weighted by atomic mass is 9.85. The highest BCUT2D eigenvalue weighted by Crippen LogP contribution is 2.79. The Morgan fingerprint density at radius 1 is 1.25 bits per heavy atom. The van der Waals surface area contributed by atoms with Gasteiger partial charge in [0.1, 0.15) is 27.6 Å². The number of anilines is 1. The number of aliphatic imine (C=N–C) groups is 1. The summed E-state index contributed by atoms with van der Waals surface area (Å²) in [6, 6.07) is 5.77. The van der Waals surface area contributed by atoms with Gasteiger partial charge in [-0.15, -0.1) is 0 Å². The number of nitrogens with zero attached hydrogens (tertiary/aromatic N) is 2. The highest BCUT2D eigenvalue weighted by molar-refractivity contribution is 8.27. The lowest BCUT2D eigenvalue weighted by Crippen LogP contribution is -2.58. The minimum atomic E-state index is -3.27. The van der Waals surface area contributed by atoms with Crippen LogP contribution in [0.15, 0.2) is 35.5 Å². The van der Waals surface area contributed by atoms with Crippen molar-refractivity contribution in [3.63, 3.8) is 0 Å². The zero-order valence-corrected chi connectivity index (χ0v) is 19.8. The summed E-state index contributed by atoms with van der Waals surface area (Å²) >= 11 is 5.91. The number of amides is 1. The fraction of sp³-hybridized carbons (Fsp3) is 0.409. The fourth-order valence-electron chi connectivity index (χ4n) is 4.52. The molecule has 0 radical (unpaired) electrons. The van der Waals surface area contributed by atoms with Gasteiger partial charge in [0.2, 0.25) is 0 Å². The van der Waals surface area contributed by atoms with Gasteiger partial charge in [0.25, 0.3) is 5.91 Å². The van der Waals surface area contributed by atoms with Gasteiger partial charge >= 0.3 is 0 Å². The number of halogens is 2. The van der Waals surface area contributed by atoms with Crippen LogP contribution in [0.1, 0.15) is 55.2 Å². The molecule has 1 aromatic heterocycles. The van der Waals surface area contributed by atoms with E-state index < -0.39 is 37.3 Å². The van der Waals surface area contributed by atoms with Gasteiger partial charge in [-0.3, -0.25) is 18.9 Å². The number of rotatable bonds is 3. The third kappa shape index (κ3) is 3.06. The molecule has 0 unspecified atom stereocenters. The largest absolute Gasteiger partial charge is 0.386 e. The molecular formula is C22H26ClFN4O3S. The molecule has 2 aliphatic rings. The van der Waals surface area contributed by atoms with E-state index in [1.165, 1.54) is 24.4 Å². The van der Waals surface area contributed by atoms with Crippen LogP contribution in [0.5, 0.6) is 0 Å². The first kappa shape index (κ1) is 23.0. The molecular weight excluding hydrogens is 455 g/mol. The first-order chi connectivity index (χ1) is 14.8. The molecule has 10 heteroatoms. The van der Waals surface area contributed by atoms with E-state index in [1.54, 1.807) is 33.8 Å². The summed E-state index contributed by atoms with van der Waals surface area (Å²) in [5.41, 5.74) is 6.13. The molecule has 1 aliphatic heterocycles. The molecule has 4 rings (SSSR count). The highest BCUT2D eigenvalue weighted by atomic mass is 35.5. The van der Waals surface area contributed by atoms with Gasteiger partial charge in [-0.25, -0.2) is 9.37 Å². The second-order valence-electron chi connectivity index (χ2n) is 9.09. The lowest BCUT2D eigenvalue weighted by molar-refractivity contribution is 0.102. The molecule has 172 valence electrons. The summed E-state index contributed by atoms with van der Waals surface area (Å²) in [6.45, 7) is 6.68.